The van der Waals surface area contributed by atoms with Crippen molar-refractivity contribution in [2.75, 3.05) is 24.6 Å². The van der Waals surface area contributed by atoms with Crippen LogP contribution in [0.15, 0.2) is 48.2 Å². The summed E-state index contributed by atoms with van der Waals surface area (Å²) in [4.78, 5) is 30.5. The summed E-state index contributed by atoms with van der Waals surface area (Å²) in [7, 11) is 0. The topological polar surface area (TPSA) is 49.9 Å². The van der Waals surface area contributed by atoms with Gasteiger partial charge in [0.05, 0.1) is 17.9 Å². The first-order valence-corrected chi connectivity index (χ1v) is 10.7. The third kappa shape index (κ3) is 3.60. The number of likely N-dealkylation sites (tertiary alicyclic amines) is 1. The van der Waals surface area contributed by atoms with Gasteiger partial charge in [0.1, 0.15) is 11.4 Å². The van der Waals surface area contributed by atoms with Crippen LogP contribution in [-0.4, -0.2) is 36.4 Å². The Kier molecular flexibility index (Phi) is 5.62. The second kappa shape index (κ2) is 8.34. The van der Waals surface area contributed by atoms with Gasteiger partial charge >= 0.3 is 0 Å². The Labute approximate surface area is 177 Å². The van der Waals surface area contributed by atoms with Crippen LogP contribution >= 0.6 is 0 Å². The summed E-state index contributed by atoms with van der Waals surface area (Å²) in [5, 5.41) is 0. The number of carbonyl (C=O) groups excluding carboxylic acids is 2. The largest absolute Gasteiger partial charge is 0.494 e. The maximum atomic E-state index is 13.6. The number of ether oxygens (including phenoxy) is 1. The Balaban J connectivity index is 1.78. The number of piperidine rings is 1. The molecule has 2 heterocycles. The van der Waals surface area contributed by atoms with E-state index in [0.717, 1.165) is 49.2 Å². The Hall–Kier alpha value is -3.08. The standard InChI is InChI=1S/C25H28N2O3/c1-4-30-21-12-10-20(11-13-21)27-24(28)22(19-9-8-17(2)18(3)16-19)23(25(27)29)26-14-6-5-7-15-26/h8-13,16H,4-7,14-15H2,1-3H3. The quantitative estimate of drug-likeness (QED) is 0.690. The van der Waals surface area contributed by atoms with E-state index in [1.165, 1.54) is 10.5 Å². The molecule has 0 aromatic heterocycles. The monoisotopic (exact) mass is 404 g/mol. The third-order valence-corrected chi connectivity index (χ3v) is 5.93. The predicted octanol–water partition coefficient (Wildman–Crippen LogP) is 4.47. The zero-order chi connectivity index (χ0) is 21.3. The molecule has 5 heteroatoms. The zero-order valence-electron chi connectivity index (χ0n) is 17.9. The highest BCUT2D eigenvalue weighted by Gasteiger charge is 2.42. The number of anilines is 1. The third-order valence-electron chi connectivity index (χ3n) is 5.93. The van der Waals surface area contributed by atoms with Crippen LogP contribution < -0.4 is 9.64 Å². The average Bonchev–Trinajstić information content (AvgIpc) is 3.02. The lowest BCUT2D eigenvalue weighted by atomic mass is 9.98. The summed E-state index contributed by atoms with van der Waals surface area (Å²) in [6, 6.07) is 13.1. The Morgan fingerprint density at radius 3 is 2.20 bits per heavy atom. The molecule has 2 aromatic rings. The molecular formula is C25H28N2O3. The van der Waals surface area contributed by atoms with Crippen LogP contribution in [0.1, 0.15) is 42.9 Å². The van der Waals surface area contributed by atoms with Gasteiger partial charge in [-0.3, -0.25) is 9.59 Å². The zero-order valence-corrected chi connectivity index (χ0v) is 17.9. The normalized spacial score (nSPS) is 17.2. The Morgan fingerprint density at radius 2 is 1.57 bits per heavy atom. The fourth-order valence-corrected chi connectivity index (χ4v) is 4.18. The van der Waals surface area contributed by atoms with Crippen molar-refractivity contribution in [1.82, 2.24) is 4.90 Å². The molecule has 2 aromatic carbocycles. The molecule has 156 valence electrons. The van der Waals surface area contributed by atoms with Gasteiger partial charge in [0.25, 0.3) is 11.8 Å². The molecular weight excluding hydrogens is 376 g/mol. The van der Waals surface area contributed by atoms with Crippen molar-refractivity contribution in [3.8, 4) is 5.75 Å². The number of amides is 2. The number of nitrogens with zero attached hydrogens (tertiary/aromatic N) is 2. The minimum Gasteiger partial charge on any atom is -0.494 e. The van der Waals surface area contributed by atoms with Crippen LogP contribution in [-0.2, 0) is 9.59 Å². The second-order valence-corrected chi connectivity index (χ2v) is 7.94. The fourth-order valence-electron chi connectivity index (χ4n) is 4.18. The van der Waals surface area contributed by atoms with E-state index in [4.69, 9.17) is 4.74 Å². The van der Waals surface area contributed by atoms with Crippen molar-refractivity contribution in [3.05, 3.63) is 64.9 Å². The highest BCUT2D eigenvalue weighted by molar-refractivity contribution is 6.45. The van der Waals surface area contributed by atoms with E-state index in [1.54, 1.807) is 24.3 Å². The summed E-state index contributed by atoms with van der Waals surface area (Å²) in [5.41, 5.74) is 4.71. The predicted molar refractivity (Wildman–Crippen MR) is 118 cm³/mol. The first kappa shape index (κ1) is 20.2. The molecule has 0 saturated carbocycles. The van der Waals surface area contributed by atoms with Gasteiger partial charge in [-0.1, -0.05) is 18.2 Å². The van der Waals surface area contributed by atoms with Crippen LogP contribution in [0, 0.1) is 13.8 Å². The lowest BCUT2D eigenvalue weighted by Gasteiger charge is -2.29. The van der Waals surface area contributed by atoms with Crippen LogP contribution in [0.4, 0.5) is 5.69 Å². The van der Waals surface area contributed by atoms with Gasteiger partial charge in [0.15, 0.2) is 0 Å². The van der Waals surface area contributed by atoms with Crippen molar-refractivity contribution < 1.29 is 14.3 Å². The van der Waals surface area contributed by atoms with Gasteiger partial charge in [0, 0.05) is 13.1 Å². The Bertz CT molecular complexity index is 1000. The summed E-state index contributed by atoms with van der Waals surface area (Å²) in [6.07, 6.45) is 3.23. The van der Waals surface area contributed by atoms with E-state index >= 15 is 0 Å². The first-order chi connectivity index (χ1) is 14.5. The van der Waals surface area contributed by atoms with Gasteiger partial charge in [-0.15, -0.1) is 0 Å². The van der Waals surface area contributed by atoms with Gasteiger partial charge in [-0.05, 0) is 81.0 Å². The molecule has 1 fully saturated rings. The highest BCUT2D eigenvalue weighted by atomic mass is 16.5. The Morgan fingerprint density at radius 1 is 0.867 bits per heavy atom. The molecule has 1 saturated heterocycles. The molecule has 2 aliphatic heterocycles. The van der Waals surface area contributed by atoms with Crippen LogP contribution in [0.25, 0.3) is 5.57 Å². The SMILES string of the molecule is CCOc1ccc(N2C(=O)C(c3ccc(C)c(C)c3)=C(N3CCCCC3)C2=O)cc1. The molecule has 0 spiro atoms. The molecule has 30 heavy (non-hydrogen) atoms. The van der Waals surface area contributed by atoms with E-state index in [1.807, 2.05) is 39.0 Å². The summed E-state index contributed by atoms with van der Waals surface area (Å²) >= 11 is 0. The van der Waals surface area contributed by atoms with Gasteiger partial charge in [0.2, 0.25) is 0 Å². The molecule has 0 unspecified atom stereocenters. The van der Waals surface area contributed by atoms with E-state index in [0.29, 0.717) is 23.6 Å². The lowest BCUT2D eigenvalue weighted by molar-refractivity contribution is -0.120. The van der Waals surface area contributed by atoms with Gasteiger partial charge in [-0.2, -0.15) is 0 Å². The van der Waals surface area contributed by atoms with Crippen molar-refractivity contribution in [3.63, 3.8) is 0 Å². The van der Waals surface area contributed by atoms with E-state index in [9.17, 15) is 9.59 Å². The molecule has 0 radical (unpaired) electrons. The number of hydrogen-bond acceptors (Lipinski definition) is 4. The minimum atomic E-state index is -0.256. The van der Waals surface area contributed by atoms with Gasteiger partial charge < -0.3 is 9.64 Å². The fraction of sp³-hybridized carbons (Fsp3) is 0.360. The molecule has 4 rings (SSSR count). The molecule has 0 N–H and O–H groups in total. The molecule has 2 amide bonds. The number of carbonyl (C=O) groups is 2. The number of aryl methyl sites for hydroxylation is 2. The molecule has 0 aliphatic carbocycles. The summed E-state index contributed by atoms with van der Waals surface area (Å²) in [5.74, 6) is 0.228. The van der Waals surface area contributed by atoms with Crippen LogP contribution in [0.5, 0.6) is 5.75 Å². The molecule has 2 aliphatic rings. The minimum absolute atomic E-state index is 0.237. The smallest absolute Gasteiger partial charge is 0.282 e. The van der Waals surface area contributed by atoms with E-state index < -0.39 is 0 Å². The van der Waals surface area contributed by atoms with Crippen molar-refractivity contribution >= 4 is 23.1 Å². The molecule has 0 atom stereocenters. The number of imide groups is 1. The molecule has 0 bridgehead atoms. The number of benzene rings is 2. The number of rotatable bonds is 5. The van der Waals surface area contributed by atoms with E-state index in [2.05, 4.69) is 4.90 Å². The lowest BCUT2D eigenvalue weighted by Crippen LogP contribution is -2.37. The maximum Gasteiger partial charge on any atom is 0.282 e. The average molecular weight is 405 g/mol. The summed E-state index contributed by atoms with van der Waals surface area (Å²) < 4.78 is 5.50. The van der Waals surface area contributed by atoms with E-state index in [-0.39, 0.29) is 11.8 Å². The summed E-state index contributed by atoms with van der Waals surface area (Å²) in [6.45, 7) is 8.18. The molecule has 5 nitrogen and oxygen atoms in total. The van der Waals surface area contributed by atoms with Crippen molar-refractivity contribution in [1.29, 1.82) is 0 Å². The van der Waals surface area contributed by atoms with Crippen molar-refractivity contribution in [2.24, 2.45) is 0 Å². The van der Waals surface area contributed by atoms with Crippen LogP contribution in [0.2, 0.25) is 0 Å². The van der Waals surface area contributed by atoms with Crippen molar-refractivity contribution in [2.45, 2.75) is 40.0 Å². The van der Waals surface area contributed by atoms with Gasteiger partial charge in [-0.25, -0.2) is 4.90 Å². The second-order valence-electron chi connectivity index (χ2n) is 7.94. The highest BCUT2D eigenvalue weighted by Crippen LogP contribution is 2.36. The first-order valence-electron chi connectivity index (χ1n) is 10.7. The number of hydrogen-bond donors (Lipinski definition) is 0. The van der Waals surface area contributed by atoms with Crippen LogP contribution in [0.3, 0.4) is 0 Å². The maximum absolute atomic E-state index is 13.6.